The molecule has 6 heteroatoms. The van der Waals surface area contributed by atoms with E-state index in [0.717, 1.165) is 31.2 Å². The number of hydrogen-bond donors (Lipinski definition) is 1. The minimum atomic E-state index is -0.102. The molecule has 0 saturated heterocycles. The van der Waals surface area contributed by atoms with E-state index in [0.29, 0.717) is 24.5 Å². The molecular weight excluding hydrogens is 344 g/mol. The standard InChI is InChI=1S/C21H32N2O4/c1-16(24)23(18-8-6-4-5-7-9-18)15-21(25)22-13-12-17-10-11-19(26-2)20(14-17)27-3/h10-11,14,18H,4-9,12-13,15H2,1-3H3,(H,22,25). The lowest BCUT2D eigenvalue weighted by Gasteiger charge is -2.29. The molecular formula is C21H32N2O4. The van der Waals surface area contributed by atoms with Gasteiger partial charge in [-0.2, -0.15) is 0 Å². The predicted molar refractivity (Wildman–Crippen MR) is 105 cm³/mol. The lowest BCUT2D eigenvalue weighted by molar-refractivity contribution is -0.136. The molecule has 1 fully saturated rings. The second-order valence-electron chi connectivity index (χ2n) is 7.08. The van der Waals surface area contributed by atoms with Crippen molar-refractivity contribution in [3.05, 3.63) is 23.8 Å². The third-order valence-electron chi connectivity index (χ3n) is 5.17. The van der Waals surface area contributed by atoms with Gasteiger partial charge in [-0.3, -0.25) is 9.59 Å². The lowest BCUT2D eigenvalue weighted by Crippen LogP contribution is -2.45. The summed E-state index contributed by atoms with van der Waals surface area (Å²) in [6.07, 6.45) is 7.40. The highest BCUT2D eigenvalue weighted by Crippen LogP contribution is 2.27. The Morgan fingerprint density at radius 1 is 1.07 bits per heavy atom. The van der Waals surface area contributed by atoms with Crippen molar-refractivity contribution in [1.82, 2.24) is 10.2 Å². The maximum atomic E-state index is 12.4. The zero-order valence-electron chi connectivity index (χ0n) is 16.8. The molecule has 0 aliphatic heterocycles. The molecule has 2 rings (SSSR count). The van der Waals surface area contributed by atoms with Crippen LogP contribution in [0.15, 0.2) is 18.2 Å². The van der Waals surface area contributed by atoms with Crippen LogP contribution in [0.1, 0.15) is 51.0 Å². The van der Waals surface area contributed by atoms with E-state index in [4.69, 9.17) is 9.47 Å². The van der Waals surface area contributed by atoms with Crippen molar-refractivity contribution in [2.75, 3.05) is 27.3 Å². The molecule has 0 heterocycles. The predicted octanol–water partition coefficient (Wildman–Crippen LogP) is 2.93. The fourth-order valence-corrected chi connectivity index (χ4v) is 3.66. The van der Waals surface area contributed by atoms with Crippen molar-refractivity contribution in [3.8, 4) is 11.5 Å². The van der Waals surface area contributed by atoms with Crippen molar-refractivity contribution in [1.29, 1.82) is 0 Å². The molecule has 1 saturated carbocycles. The Morgan fingerprint density at radius 3 is 2.33 bits per heavy atom. The molecule has 2 amide bonds. The van der Waals surface area contributed by atoms with Crippen molar-refractivity contribution in [2.45, 2.75) is 57.9 Å². The van der Waals surface area contributed by atoms with Gasteiger partial charge in [-0.25, -0.2) is 0 Å². The molecule has 0 spiro atoms. The van der Waals surface area contributed by atoms with Crippen LogP contribution < -0.4 is 14.8 Å². The number of carbonyl (C=O) groups is 2. The van der Waals surface area contributed by atoms with Gasteiger partial charge in [0.25, 0.3) is 0 Å². The molecule has 1 aromatic rings. The highest BCUT2D eigenvalue weighted by Gasteiger charge is 2.24. The first-order valence-corrected chi connectivity index (χ1v) is 9.80. The van der Waals surface area contributed by atoms with E-state index in [1.54, 1.807) is 26.0 Å². The molecule has 0 bridgehead atoms. The first kappa shape index (κ1) is 21.1. The topological polar surface area (TPSA) is 67.9 Å². The fraction of sp³-hybridized carbons (Fsp3) is 0.619. The number of benzene rings is 1. The monoisotopic (exact) mass is 376 g/mol. The maximum Gasteiger partial charge on any atom is 0.239 e. The minimum absolute atomic E-state index is 0.0167. The molecule has 1 N–H and O–H groups in total. The Morgan fingerprint density at radius 2 is 1.74 bits per heavy atom. The molecule has 0 unspecified atom stereocenters. The van der Waals surface area contributed by atoms with E-state index in [-0.39, 0.29) is 24.4 Å². The van der Waals surface area contributed by atoms with E-state index in [1.165, 1.54) is 12.8 Å². The van der Waals surface area contributed by atoms with Gasteiger partial charge in [0.2, 0.25) is 11.8 Å². The maximum absolute atomic E-state index is 12.4. The van der Waals surface area contributed by atoms with Crippen molar-refractivity contribution >= 4 is 11.8 Å². The van der Waals surface area contributed by atoms with Crippen molar-refractivity contribution < 1.29 is 19.1 Å². The normalized spacial score (nSPS) is 14.9. The molecule has 0 aromatic heterocycles. The van der Waals surface area contributed by atoms with Crippen molar-refractivity contribution in [3.63, 3.8) is 0 Å². The SMILES string of the molecule is COc1ccc(CCNC(=O)CN(C(C)=O)C2CCCCCC2)cc1OC. The number of amides is 2. The van der Waals surface area contributed by atoms with E-state index in [1.807, 2.05) is 18.2 Å². The number of nitrogens with zero attached hydrogens (tertiary/aromatic N) is 1. The summed E-state index contributed by atoms with van der Waals surface area (Å²) in [6, 6.07) is 5.93. The number of hydrogen-bond acceptors (Lipinski definition) is 4. The average molecular weight is 376 g/mol. The van der Waals surface area contributed by atoms with Crippen LogP contribution in [-0.4, -0.2) is 50.1 Å². The highest BCUT2D eigenvalue weighted by molar-refractivity contribution is 5.84. The molecule has 27 heavy (non-hydrogen) atoms. The smallest absolute Gasteiger partial charge is 0.239 e. The van der Waals surface area contributed by atoms with Gasteiger partial charge in [0, 0.05) is 19.5 Å². The Hall–Kier alpha value is -2.24. The van der Waals surface area contributed by atoms with Gasteiger partial charge >= 0.3 is 0 Å². The lowest BCUT2D eigenvalue weighted by atomic mass is 10.1. The first-order valence-electron chi connectivity index (χ1n) is 9.80. The van der Waals surface area contributed by atoms with Crippen LogP contribution in [0.25, 0.3) is 0 Å². The minimum Gasteiger partial charge on any atom is -0.493 e. The van der Waals surface area contributed by atoms with Crippen LogP contribution in [-0.2, 0) is 16.0 Å². The first-order chi connectivity index (χ1) is 13.0. The van der Waals surface area contributed by atoms with Crippen LogP contribution in [0.3, 0.4) is 0 Å². The van der Waals surface area contributed by atoms with Crippen LogP contribution in [0.2, 0.25) is 0 Å². The van der Waals surface area contributed by atoms with E-state index in [9.17, 15) is 9.59 Å². The van der Waals surface area contributed by atoms with Crippen LogP contribution in [0.4, 0.5) is 0 Å². The van der Waals surface area contributed by atoms with Crippen LogP contribution in [0.5, 0.6) is 11.5 Å². The molecule has 1 aliphatic carbocycles. The zero-order valence-corrected chi connectivity index (χ0v) is 16.8. The summed E-state index contributed by atoms with van der Waals surface area (Å²) in [5.41, 5.74) is 1.06. The molecule has 0 radical (unpaired) electrons. The molecule has 1 aliphatic rings. The number of methoxy groups -OCH3 is 2. The largest absolute Gasteiger partial charge is 0.493 e. The van der Waals surface area contributed by atoms with Gasteiger partial charge in [-0.05, 0) is 37.0 Å². The van der Waals surface area contributed by atoms with Gasteiger partial charge in [-0.15, -0.1) is 0 Å². The van der Waals surface area contributed by atoms with Gasteiger partial charge < -0.3 is 19.7 Å². The van der Waals surface area contributed by atoms with Gasteiger partial charge in [0.15, 0.2) is 11.5 Å². The molecule has 6 nitrogen and oxygen atoms in total. The average Bonchev–Trinajstić information content (AvgIpc) is 2.95. The van der Waals surface area contributed by atoms with Crippen LogP contribution in [0, 0.1) is 0 Å². The number of rotatable bonds is 8. The summed E-state index contributed by atoms with van der Waals surface area (Å²) in [7, 11) is 3.21. The van der Waals surface area contributed by atoms with Crippen molar-refractivity contribution in [2.24, 2.45) is 0 Å². The van der Waals surface area contributed by atoms with E-state index in [2.05, 4.69) is 5.32 Å². The van der Waals surface area contributed by atoms with Gasteiger partial charge in [-0.1, -0.05) is 31.7 Å². The number of carbonyl (C=O) groups excluding carboxylic acids is 2. The summed E-state index contributed by atoms with van der Waals surface area (Å²) >= 11 is 0. The summed E-state index contributed by atoms with van der Waals surface area (Å²) in [6.45, 7) is 2.22. The Kier molecular flexibility index (Phi) is 8.43. The number of ether oxygens (including phenoxy) is 2. The van der Waals surface area contributed by atoms with Gasteiger partial charge in [0.05, 0.1) is 20.8 Å². The highest BCUT2D eigenvalue weighted by atomic mass is 16.5. The molecule has 0 atom stereocenters. The quantitative estimate of drug-likeness (QED) is 0.709. The molecule has 1 aromatic carbocycles. The summed E-state index contributed by atoms with van der Waals surface area (Å²) in [5, 5.41) is 2.93. The second-order valence-corrected chi connectivity index (χ2v) is 7.08. The number of nitrogens with one attached hydrogen (secondary N) is 1. The van der Waals surface area contributed by atoms with E-state index >= 15 is 0 Å². The Balaban J connectivity index is 1.84. The summed E-state index contributed by atoms with van der Waals surface area (Å²) < 4.78 is 10.5. The third kappa shape index (κ3) is 6.45. The Bertz CT molecular complexity index is 625. The Labute approximate surface area is 162 Å². The molecule has 150 valence electrons. The summed E-state index contributed by atoms with van der Waals surface area (Å²) in [5.74, 6) is 1.25. The van der Waals surface area contributed by atoms with E-state index < -0.39 is 0 Å². The van der Waals surface area contributed by atoms with Crippen LogP contribution >= 0.6 is 0 Å². The summed E-state index contributed by atoms with van der Waals surface area (Å²) in [4.78, 5) is 26.1. The van der Waals surface area contributed by atoms with Gasteiger partial charge in [0.1, 0.15) is 0 Å². The zero-order chi connectivity index (χ0) is 19.6. The second kappa shape index (κ2) is 10.8. The third-order valence-corrected chi connectivity index (χ3v) is 5.17. The fourth-order valence-electron chi connectivity index (χ4n) is 3.66.